The summed E-state index contributed by atoms with van der Waals surface area (Å²) in [5, 5.41) is 12.3. The average molecular weight is 293 g/mol. The number of hydrogen-bond donors (Lipinski definition) is 1. The highest BCUT2D eigenvalue weighted by Gasteiger charge is 2.47. The number of nitriles is 1. The van der Waals surface area contributed by atoms with Crippen LogP contribution in [0.1, 0.15) is 39.0 Å². The summed E-state index contributed by atoms with van der Waals surface area (Å²) in [6.45, 7) is 3.57. The maximum atomic E-state index is 12.8. The molecule has 1 aliphatic carbocycles. The van der Waals surface area contributed by atoms with Crippen LogP contribution in [0, 0.1) is 16.7 Å². The van der Waals surface area contributed by atoms with Gasteiger partial charge in [0.1, 0.15) is 11.5 Å². The highest BCUT2D eigenvalue weighted by Crippen LogP contribution is 2.39. The standard InChI is InChI=1S/C15H23N3O3/c1-2-7-17-13(19)12-10-21-9-8-18(12)14(20)15(11-16)5-3-4-6-15/h12H,2-10H2,1H3,(H,17,19). The molecule has 0 aromatic heterocycles. The molecular formula is C15H23N3O3. The second-order valence-electron chi connectivity index (χ2n) is 5.78. The molecule has 1 unspecified atom stereocenters. The molecule has 0 bridgehead atoms. The number of nitrogens with zero attached hydrogens (tertiary/aromatic N) is 2. The Balaban J connectivity index is 2.12. The Bertz CT molecular complexity index is 438. The molecule has 0 radical (unpaired) electrons. The molecule has 2 fully saturated rings. The van der Waals surface area contributed by atoms with E-state index in [1.807, 2.05) is 6.92 Å². The third-order valence-corrected chi connectivity index (χ3v) is 4.32. The van der Waals surface area contributed by atoms with Crippen LogP contribution < -0.4 is 5.32 Å². The zero-order valence-electron chi connectivity index (χ0n) is 12.6. The first-order valence-corrected chi connectivity index (χ1v) is 7.72. The maximum Gasteiger partial charge on any atom is 0.245 e. The van der Waals surface area contributed by atoms with Crippen LogP contribution in [0.5, 0.6) is 0 Å². The largest absolute Gasteiger partial charge is 0.377 e. The molecule has 2 rings (SSSR count). The van der Waals surface area contributed by atoms with Gasteiger partial charge in [-0.2, -0.15) is 5.26 Å². The van der Waals surface area contributed by atoms with E-state index in [1.165, 1.54) is 0 Å². The Hall–Kier alpha value is -1.61. The van der Waals surface area contributed by atoms with Crippen LogP contribution in [0.3, 0.4) is 0 Å². The number of carbonyl (C=O) groups excluding carboxylic acids is 2. The Labute approximate surface area is 125 Å². The minimum Gasteiger partial charge on any atom is -0.377 e. The number of hydrogen-bond acceptors (Lipinski definition) is 4. The van der Waals surface area contributed by atoms with Gasteiger partial charge in [-0.05, 0) is 19.3 Å². The number of amides is 2. The van der Waals surface area contributed by atoms with Crippen LogP contribution in [-0.2, 0) is 14.3 Å². The first-order chi connectivity index (χ1) is 10.1. The van der Waals surface area contributed by atoms with Gasteiger partial charge in [0, 0.05) is 13.1 Å². The molecule has 0 spiro atoms. The molecule has 1 N–H and O–H groups in total. The number of morpholine rings is 1. The molecule has 1 heterocycles. The third kappa shape index (κ3) is 3.18. The van der Waals surface area contributed by atoms with Gasteiger partial charge in [-0.3, -0.25) is 9.59 Å². The van der Waals surface area contributed by atoms with Crippen molar-refractivity contribution in [3.05, 3.63) is 0 Å². The summed E-state index contributed by atoms with van der Waals surface area (Å²) in [7, 11) is 0. The predicted octanol–water partition coefficient (Wildman–Crippen LogP) is 0.824. The average Bonchev–Trinajstić information content (AvgIpc) is 3.02. The lowest BCUT2D eigenvalue weighted by Crippen LogP contribution is -2.58. The van der Waals surface area contributed by atoms with Gasteiger partial charge in [0.25, 0.3) is 0 Å². The summed E-state index contributed by atoms with van der Waals surface area (Å²) in [5.41, 5.74) is -0.930. The first kappa shape index (κ1) is 15.8. The van der Waals surface area contributed by atoms with Crippen molar-refractivity contribution >= 4 is 11.8 Å². The Morgan fingerprint density at radius 2 is 2.14 bits per heavy atom. The molecule has 0 aromatic carbocycles. The second-order valence-corrected chi connectivity index (χ2v) is 5.78. The molecular weight excluding hydrogens is 270 g/mol. The summed E-state index contributed by atoms with van der Waals surface area (Å²) < 4.78 is 5.36. The lowest BCUT2D eigenvalue weighted by molar-refractivity contribution is -0.154. The monoisotopic (exact) mass is 293 g/mol. The number of nitrogens with one attached hydrogen (secondary N) is 1. The van der Waals surface area contributed by atoms with Crippen molar-refractivity contribution in [2.75, 3.05) is 26.3 Å². The summed E-state index contributed by atoms with van der Waals surface area (Å²) in [6.07, 6.45) is 3.84. The molecule has 1 saturated heterocycles. The first-order valence-electron chi connectivity index (χ1n) is 7.72. The smallest absolute Gasteiger partial charge is 0.245 e. The zero-order valence-corrected chi connectivity index (χ0v) is 12.6. The van der Waals surface area contributed by atoms with Gasteiger partial charge in [-0.15, -0.1) is 0 Å². The van der Waals surface area contributed by atoms with Crippen molar-refractivity contribution in [3.63, 3.8) is 0 Å². The summed E-state index contributed by atoms with van der Waals surface area (Å²) in [4.78, 5) is 26.6. The summed E-state index contributed by atoms with van der Waals surface area (Å²) >= 11 is 0. The van der Waals surface area contributed by atoms with E-state index in [1.54, 1.807) is 4.90 Å². The predicted molar refractivity (Wildman–Crippen MR) is 76.1 cm³/mol. The van der Waals surface area contributed by atoms with Crippen LogP contribution >= 0.6 is 0 Å². The van der Waals surface area contributed by atoms with Gasteiger partial charge >= 0.3 is 0 Å². The SMILES string of the molecule is CCCNC(=O)C1COCCN1C(=O)C1(C#N)CCCC1. The molecule has 2 amide bonds. The third-order valence-electron chi connectivity index (χ3n) is 4.32. The number of rotatable bonds is 4. The Kier molecular flexibility index (Phi) is 5.18. The van der Waals surface area contributed by atoms with Gasteiger partial charge in [0.05, 0.1) is 19.3 Å². The second kappa shape index (κ2) is 6.90. The summed E-state index contributed by atoms with van der Waals surface area (Å²) in [5.74, 6) is -0.376. The molecule has 2 aliphatic rings. The van der Waals surface area contributed by atoms with E-state index < -0.39 is 11.5 Å². The molecule has 1 atom stereocenters. The van der Waals surface area contributed by atoms with Crippen LogP contribution in [0.25, 0.3) is 0 Å². The van der Waals surface area contributed by atoms with Gasteiger partial charge < -0.3 is 15.0 Å². The van der Waals surface area contributed by atoms with Gasteiger partial charge in [-0.25, -0.2) is 0 Å². The van der Waals surface area contributed by atoms with Gasteiger partial charge in [0.15, 0.2) is 0 Å². The fourth-order valence-corrected chi connectivity index (χ4v) is 3.06. The highest BCUT2D eigenvalue weighted by molar-refractivity contribution is 5.92. The van der Waals surface area contributed by atoms with E-state index in [0.29, 0.717) is 32.5 Å². The van der Waals surface area contributed by atoms with Crippen molar-refractivity contribution in [2.45, 2.75) is 45.1 Å². The lowest BCUT2D eigenvalue weighted by Gasteiger charge is -2.38. The van der Waals surface area contributed by atoms with Crippen molar-refractivity contribution in [1.82, 2.24) is 10.2 Å². The van der Waals surface area contributed by atoms with Crippen LogP contribution in [0.2, 0.25) is 0 Å². The molecule has 21 heavy (non-hydrogen) atoms. The molecule has 0 aromatic rings. The minimum atomic E-state index is -0.930. The van der Waals surface area contributed by atoms with E-state index in [2.05, 4.69) is 11.4 Å². The minimum absolute atomic E-state index is 0.184. The van der Waals surface area contributed by atoms with Crippen molar-refractivity contribution in [2.24, 2.45) is 5.41 Å². The molecule has 6 nitrogen and oxygen atoms in total. The van der Waals surface area contributed by atoms with Crippen LogP contribution in [-0.4, -0.2) is 49.1 Å². The van der Waals surface area contributed by atoms with Gasteiger partial charge in [0.2, 0.25) is 11.8 Å². The van der Waals surface area contributed by atoms with Crippen LogP contribution in [0.15, 0.2) is 0 Å². The molecule has 6 heteroatoms. The van der Waals surface area contributed by atoms with E-state index in [9.17, 15) is 14.9 Å². The zero-order chi connectivity index (χ0) is 15.3. The fraction of sp³-hybridized carbons (Fsp3) is 0.800. The maximum absolute atomic E-state index is 12.8. The van der Waals surface area contributed by atoms with E-state index in [-0.39, 0.29) is 18.4 Å². The fourth-order valence-electron chi connectivity index (χ4n) is 3.06. The Morgan fingerprint density at radius 1 is 1.43 bits per heavy atom. The lowest BCUT2D eigenvalue weighted by atomic mass is 9.85. The van der Waals surface area contributed by atoms with E-state index in [0.717, 1.165) is 19.3 Å². The highest BCUT2D eigenvalue weighted by atomic mass is 16.5. The van der Waals surface area contributed by atoms with Crippen molar-refractivity contribution in [1.29, 1.82) is 5.26 Å². The van der Waals surface area contributed by atoms with Crippen LogP contribution in [0.4, 0.5) is 0 Å². The number of carbonyl (C=O) groups is 2. The number of ether oxygens (including phenoxy) is 1. The Morgan fingerprint density at radius 3 is 2.76 bits per heavy atom. The summed E-state index contributed by atoms with van der Waals surface area (Å²) in [6, 6.07) is 1.61. The van der Waals surface area contributed by atoms with E-state index in [4.69, 9.17) is 4.74 Å². The van der Waals surface area contributed by atoms with Gasteiger partial charge in [-0.1, -0.05) is 19.8 Å². The van der Waals surface area contributed by atoms with Crippen molar-refractivity contribution in [3.8, 4) is 6.07 Å². The van der Waals surface area contributed by atoms with E-state index >= 15 is 0 Å². The molecule has 116 valence electrons. The topological polar surface area (TPSA) is 82.4 Å². The molecule has 1 aliphatic heterocycles. The normalized spacial score (nSPS) is 24.4. The molecule has 1 saturated carbocycles. The quantitative estimate of drug-likeness (QED) is 0.832. The van der Waals surface area contributed by atoms with Crippen molar-refractivity contribution < 1.29 is 14.3 Å².